The van der Waals surface area contributed by atoms with Crippen LogP contribution in [0.2, 0.25) is 0 Å². The van der Waals surface area contributed by atoms with Gasteiger partial charge in [-0.15, -0.1) is 0 Å². The first-order chi connectivity index (χ1) is 8.30. The molecule has 0 radical (unpaired) electrons. The fourth-order valence-corrected chi connectivity index (χ4v) is 1.77. The predicted octanol–water partition coefficient (Wildman–Crippen LogP) is 2.60. The highest BCUT2D eigenvalue weighted by atomic mass is 16.5. The van der Waals surface area contributed by atoms with E-state index in [4.69, 9.17) is 9.47 Å². The van der Waals surface area contributed by atoms with Gasteiger partial charge in [-0.1, -0.05) is 25.5 Å². The average Bonchev–Trinajstić information content (AvgIpc) is 2.37. The molecule has 0 saturated carbocycles. The summed E-state index contributed by atoms with van der Waals surface area (Å²) < 4.78 is 11.1. The van der Waals surface area contributed by atoms with Crippen molar-refractivity contribution in [2.45, 2.75) is 32.5 Å². The first-order valence-corrected chi connectivity index (χ1v) is 6.19. The lowest BCUT2D eigenvalue weighted by Crippen LogP contribution is -2.26. The molecule has 0 aliphatic heterocycles. The molecule has 0 fully saturated rings. The fraction of sp³-hybridized carbons (Fsp3) is 0.571. The molecule has 96 valence electrons. The number of likely N-dealkylation sites (N-methyl/N-ethyl adjacent to an activating group) is 1. The minimum absolute atomic E-state index is 0.288. The monoisotopic (exact) mass is 237 g/mol. The summed E-state index contributed by atoms with van der Waals surface area (Å²) in [6, 6.07) is 8.01. The molecule has 1 rings (SSSR count). The van der Waals surface area contributed by atoms with E-state index in [1.807, 2.05) is 25.2 Å². The molecule has 17 heavy (non-hydrogen) atoms. The molecule has 1 aromatic rings. The maximum absolute atomic E-state index is 5.89. The third-order valence-corrected chi connectivity index (χ3v) is 2.66. The zero-order valence-electron chi connectivity index (χ0n) is 11.0. The van der Waals surface area contributed by atoms with Crippen LogP contribution in [-0.2, 0) is 11.3 Å². The molecule has 0 aliphatic rings. The third-order valence-electron chi connectivity index (χ3n) is 2.66. The van der Waals surface area contributed by atoms with Gasteiger partial charge in [-0.3, -0.25) is 0 Å². The molecule has 0 amide bonds. The number of methoxy groups -OCH3 is 1. The molecule has 0 saturated heterocycles. The lowest BCUT2D eigenvalue weighted by Gasteiger charge is -2.17. The van der Waals surface area contributed by atoms with Gasteiger partial charge in [0.2, 0.25) is 0 Å². The minimum Gasteiger partial charge on any atom is -0.497 e. The van der Waals surface area contributed by atoms with E-state index in [1.54, 1.807) is 7.11 Å². The van der Waals surface area contributed by atoms with Crippen molar-refractivity contribution in [1.29, 1.82) is 0 Å². The van der Waals surface area contributed by atoms with Crippen LogP contribution >= 0.6 is 0 Å². The fourth-order valence-electron chi connectivity index (χ4n) is 1.77. The Bertz CT molecular complexity index is 309. The number of ether oxygens (including phenoxy) is 2. The summed E-state index contributed by atoms with van der Waals surface area (Å²) in [5.41, 5.74) is 1.15. The summed E-state index contributed by atoms with van der Waals surface area (Å²) in [6.07, 6.45) is 2.52. The van der Waals surface area contributed by atoms with Gasteiger partial charge in [0, 0.05) is 6.54 Å². The Balaban J connectivity index is 2.46. The van der Waals surface area contributed by atoms with E-state index in [0.717, 1.165) is 30.7 Å². The topological polar surface area (TPSA) is 30.5 Å². The Labute approximate surface area is 104 Å². The van der Waals surface area contributed by atoms with Gasteiger partial charge in [0.05, 0.1) is 19.8 Å². The van der Waals surface area contributed by atoms with Crippen LogP contribution in [0.1, 0.15) is 25.3 Å². The molecule has 1 N–H and O–H groups in total. The molecule has 0 spiro atoms. The van der Waals surface area contributed by atoms with E-state index < -0.39 is 0 Å². The van der Waals surface area contributed by atoms with Crippen molar-refractivity contribution in [2.24, 2.45) is 0 Å². The molecule has 0 bridgehead atoms. The van der Waals surface area contributed by atoms with Gasteiger partial charge in [-0.2, -0.15) is 0 Å². The number of rotatable bonds is 8. The highest BCUT2D eigenvalue weighted by Gasteiger charge is 2.07. The second kappa shape index (κ2) is 8.09. The summed E-state index contributed by atoms with van der Waals surface area (Å²) in [7, 11) is 3.64. The number of hydrogen-bond donors (Lipinski definition) is 1. The summed E-state index contributed by atoms with van der Waals surface area (Å²) in [5.74, 6) is 0.881. The molecule has 3 heteroatoms. The van der Waals surface area contributed by atoms with Crippen molar-refractivity contribution in [3.05, 3.63) is 29.8 Å². The second-order valence-electron chi connectivity index (χ2n) is 4.13. The van der Waals surface area contributed by atoms with Crippen LogP contribution in [0.3, 0.4) is 0 Å². The zero-order chi connectivity index (χ0) is 12.5. The first kappa shape index (κ1) is 14.0. The first-order valence-electron chi connectivity index (χ1n) is 6.19. The molecule has 1 unspecified atom stereocenters. The average molecular weight is 237 g/mol. The van der Waals surface area contributed by atoms with Crippen molar-refractivity contribution >= 4 is 0 Å². The van der Waals surface area contributed by atoms with Crippen molar-refractivity contribution in [2.75, 3.05) is 20.7 Å². The highest BCUT2D eigenvalue weighted by Crippen LogP contribution is 2.14. The van der Waals surface area contributed by atoms with Crippen LogP contribution in [0.25, 0.3) is 0 Å². The molecule has 0 heterocycles. The van der Waals surface area contributed by atoms with Crippen molar-refractivity contribution in [3.8, 4) is 5.75 Å². The standard InChI is InChI=1S/C14H23NO2/c1-4-6-14(10-15-2)17-11-12-7-5-8-13(9-12)16-3/h5,7-9,14-15H,4,6,10-11H2,1-3H3. The van der Waals surface area contributed by atoms with Crippen LogP contribution in [0.5, 0.6) is 5.75 Å². The van der Waals surface area contributed by atoms with Gasteiger partial charge >= 0.3 is 0 Å². The zero-order valence-corrected chi connectivity index (χ0v) is 11.0. The maximum Gasteiger partial charge on any atom is 0.119 e. The molecule has 0 aromatic heterocycles. The van der Waals surface area contributed by atoms with Crippen LogP contribution < -0.4 is 10.1 Å². The van der Waals surface area contributed by atoms with Crippen LogP contribution in [0.4, 0.5) is 0 Å². The Morgan fingerprint density at radius 1 is 1.35 bits per heavy atom. The van der Waals surface area contributed by atoms with Gasteiger partial charge in [0.15, 0.2) is 0 Å². The lowest BCUT2D eigenvalue weighted by molar-refractivity contribution is 0.0359. The van der Waals surface area contributed by atoms with Crippen molar-refractivity contribution < 1.29 is 9.47 Å². The summed E-state index contributed by atoms with van der Waals surface area (Å²) in [6.45, 7) is 3.72. The summed E-state index contributed by atoms with van der Waals surface area (Å²) in [4.78, 5) is 0. The number of hydrogen-bond acceptors (Lipinski definition) is 3. The van der Waals surface area contributed by atoms with E-state index in [-0.39, 0.29) is 6.10 Å². The van der Waals surface area contributed by atoms with E-state index in [1.165, 1.54) is 0 Å². The Kier molecular flexibility index (Phi) is 6.67. The minimum atomic E-state index is 0.288. The molecular weight excluding hydrogens is 214 g/mol. The SMILES string of the molecule is CCCC(CNC)OCc1cccc(OC)c1. The van der Waals surface area contributed by atoms with Crippen LogP contribution in [-0.4, -0.2) is 26.8 Å². The molecule has 1 atom stereocenters. The van der Waals surface area contributed by atoms with Gasteiger partial charge in [0.1, 0.15) is 5.75 Å². The lowest BCUT2D eigenvalue weighted by atomic mass is 10.2. The van der Waals surface area contributed by atoms with Crippen molar-refractivity contribution in [1.82, 2.24) is 5.32 Å². The van der Waals surface area contributed by atoms with Gasteiger partial charge in [-0.25, -0.2) is 0 Å². The predicted molar refractivity (Wildman–Crippen MR) is 70.4 cm³/mol. The smallest absolute Gasteiger partial charge is 0.119 e. The Morgan fingerprint density at radius 3 is 2.82 bits per heavy atom. The Hall–Kier alpha value is -1.06. The third kappa shape index (κ3) is 5.20. The molecular formula is C14H23NO2. The second-order valence-corrected chi connectivity index (χ2v) is 4.13. The quantitative estimate of drug-likeness (QED) is 0.754. The summed E-state index contributed by atoms with van der Waals surface area (Å²) in [5, 5.41) is 3.16. The summed E-state index contributed by atoms with van der Waals surface area (Å²) >= 11 is 0. The largest absolute Gasteiger partial charge is 0.497 e. The van der Waals surface area contributed by atoms with E-state index in [9.17, 15) is 0 Å². The van der Waals surface area contributed by atoms with Crippen LogP contribution in [0, 0.1) is 0 Å². The molecule has 3 nitrogen and oxygen atoms in total. The normalized spacial score (nSPS) is 12.4. The van der Waals surface area contributed by atoms with Crippen LogP contribution in [0.15, 0.2) is 24.3 Å². The maximum atomic E-state index is 5.89. The van der Waals surface area contributed by atoms with E-state index in [2.05, 4.69) is 18.3 Å². The number of benzene rings is 1. The van der Waals surface area contributed by atoms with Gasteiger partial charge in [-0.05, 0) is 31.2 Å². The number of nitrogens with one attached hydrogen (secondary N) is 1. The van der Waals surface area contributed by atoms with Gasteiger partial charge < -0.3 is 14.8 Å². The van der Waals surface area contributed by atoms with Gasteiger partial charge in [0.25, 0.3) is 0 Å². The Morgan fingerprint density at radius 2 is 2.18 bits per heavy atom. The van der Waals surface area contributed by atoms with E-state index >= 15 is 0 Å². The molecule has 0 aliphatic carbocycles. The highest BCUT2D eigenvalue weighted by molar-refractivity contribution is 5.27. The molecule has 1 aromatic carbocycles. The van der Waals surface area contributed by atoms with Crippen molar-refractivity contribution in [3.63, 3.8) is 0 Å². The van der Waals surface area contributed by atoms with E-state index in [0.29, 0.717) is 6.61 Å².